The molecule has 0 saturated carbocycles. The van der Waals surface area contributed by atoms with Crippen LogP contribution in [0.2, 0.25) is 10.0 Å². The van der Waals surface area contributed by atoms with E-state index in [0.717, 1.165) is 11.8 Å². The Hall–Kier alpha value is -2.33. The lowest BCUT2D eigenvalue weighted by Crippen LogP contribution is -2.24. The molecule has 0 spiro atoms. The summed E-state index contributed by atoms with van der Waals surface area (Å²) in [5.41, 5.74) is 1.99. The highest BCUT2D eigenvalue weighted by Crippen LogP contribution is 2.29. The molecule has 3 aromatic rings. The van der Waals surface area contributed by atoms with Gasteiger partial charge >= 0.3 is 0 Å². The van der Waals surface area contributed by atoms with E-state index in [2.05, 4.69) is 10.3 Å². The van der Waals surface area contributed by atoms with Crippen molar-refractivity contribution in [3.63, 3.8) is 0 Å². The maximum absolute atomic E-state index is 12.1. The van der Waals surface area contributed by atoms with Crippen molar-refractivity contribution < 1.29 is 17.9 Å². The van der Waals surface area contributed by atoms with Crippen LogP contribution in [-0.4, -0.2) is 39.2 Å². The van der Waals surface area contributed by atoms with E-state index in [9.17, 15) is 13.2 Å². The van der Waals surface area contributed by atoms with Gasteiger partial charge in [-0.2, -0.15) is 0 Å². The number of carbonyl (C=O) groups is 1. The molecule has 1 N–H and O–H groups in total. The van der Waals surface area contributed by atoms with Gasteiger partial charge in [0.1, 0.15) is 5.75 Å². The fraction of sp³-hybridized carbons (Fsp3) is 0.158. The SMILES string of the molecule is CN(c1ccc(-c2csc(NC(=O)COc3cc(Cl)ccc3Cl)n2)cc1)S(C)(=O)=O. The third kappa shape index (κ3) is 5.63. The summed E-state index contributed by atoms with van der Waals surface area (Å²) in [7, 11) is -1.84. The molecule has 0 fully saturated rings. The molecule has 158 valence electrons. The third-order valence-electron chi connectivity index (χ3n) is 4.03. The zero-order chi connectivity index (χ0) is 21.9. The number of anilines is 2. The predicted molar refractivity (Wildman–Crippen MR) is 121 cm³/mol. The van der Waals surface area contributed by atoms with Gasteiger partial charge in [-0.25, -0.2) is 13.4 Å². The first-order chi connectivity index (χ1) is 14.1. The number of sulfonamides is 1. The second-order valence-corrected chi connectivity index (χ2v) is 9.94. The summed E-state index contributed by atoms with van der Waals surface area (Å²) < 4.78 is 29.8. The van der Waals surface area contributed by atoms with Gasteiger partial charge in [-0.3, -0.25) is 14.4 Å². The van der Waals surface area contributed by atoms with Crippen LogP contribution in [0.3, 0.4) is 0 Å². The Labute approximate surface area is 188 Å². The zero-order valence-electron chi connectivity index (χ0n) is 15.9. The van der Waals surface area contributed by atoms with E-state index in [1.807, 2.05) is 0 Å². The average molecular weight is 486 g/mol. The molecule has 0 aliphatic heterocycles. The Morgan fingerprint density at radius 2 is 1.90 bits per heavy atom. The molecular weight excluding hydrogens is 469 g/mol. The van der Waals surface area contributed by atoms with Crippen molar-refractivity contribution in [1.82, 2.24) is 4.98 Å². The van der Waals surface area contributed by atoms with E-state index in [1.165, 1.54) is 28.8 Å². The molecule has 1 heterocycles. The summed E-state index contributed by atoms with van der Waals surface area (Å²) in [4.78, 5) is 16.5. The molecule has 0 aliphatic rings. The van der Waals surface area contributed by atoms with Gasteiger partial charge in [0.2, 0.25) is 10.0 Å². The lowest BCUT2D eigenvalue weighted by molar-refractivity contribution is -0.118. The van der Waals surface area contributed by atoms with Crippen molar-refractivity contribution in [2.45, 2.75) is 0 Å². The van der Waals surface area contributed by atoms with Gasteiger partial charge in [0, 0.05) is 29.1 Å². The molecule has 0 atom stereocenters. The van der Waals surface area contributed by atoms with Gasteiger partial charge in [-0.05, 0) is 24.3 Å². The highest BCUT2D eigenvalue weighted by Gasteiger charge is 2.13. The number of rotatable bonds is 7. The van der Waals surface area contributed by atoms with Crippen LogP contribution in [0, 0.1) is 0 Å². The highest BCUT2D eigenvalue weighted by atomic mass is 35.5. The minimum atomic E-state index is -3.33. The molecule has 11 heteroatoms. The summed E-state index contributed by atoms with van der Waals surface area (Å²) in [5, 5.41) is 5.67. The van der Waals surface area contributed by atoms with Crippen molar-refractivity contribution in [1.29, 1.82) is 0 Å². The van der Waals surface area contributed by atoms with Gasteiger partial charge in [0.05, 0.1) is 22.7 Å². The molecule has 0 unspecified atom stereocenters. The Kier molecular flexibility index (Phi) is 6.87. The van der Waals surface area contributed by atoms with Gasteiger partial charge < -0.3 is 4.74 Å². The van der Waals surface area contributed by atoms with E-state index >= 15 is 0 Å². The topological polar surface area (TPSA) is 88.6 Å². The van der Waals surface area contributed by atoms with Crippen molar-refractivity contribution in [2.24, 2.45) is 0 Å². The molecule has 1 amide bonds. The zero-order valence-corrected chi connectivity index (χ0v) is 19.1. The van der Waals surface area contributed by atoms with Crippen molar-refractivity contribution in [2.75, 3.05) is 29.5 Å². The van der Waals surface area contributed by atoms with Gasteiger partial charge in [-0.15, -0.1) is 11.3 Å². The first-order valence-electron chi connectivity index (χ1n) is 8.51. The maximum Gasteiger partial charge on any atom is 0.264 e. The van der Waals surface area contributed by atoms with Crippen LogP contribution in [0.5, 0.6) is 5.75 Å². The van der Waals surface area contributed by atoms with Crippen molar-refractivity contribution in [3.05, 3.63) is 57.9 Å². The molecule has 0 aliphatic carbocycles. The number of nitrogens with zero attached hydrogens (tertiary/aromatic N) is 2. The molecule has 3 rings (SSSR count). The Morgan fingerprint density at radius 3 is 2.57 bits per heavy atom. The van der Waals surface area contributed by atoms with Crippen LogP contribution in [0.1, 0.15) is 0 Å². The lowest BCUT2D eigenvalue weighted by Gasteiger charge is -2.16. The summed E-state index contributed by atoms with van der Waals surface area (Å²) in [6, 6.07) is 11.7. The Morgan fingerprint density at radius 1 is 1.20 bits per heavy atom. The molecule has 1 aromatic heterocycles. The maximum atomic E-state index is 12.1. The van der Waals surface area contributed by atoms with Gasteiger partial charge in [0.15, 0.2) is 11.7 Å². The van der Waals surface area contributed by atoms with E-state index < -0.39 is 15.9 Å². The van der Waals surface area contributed by atoms with E-state index in [4.69, 9.17) is 27.9 Å². The molecule has 0 radical (unpaired) electrons. The number of amides is 1. The predicted octanol–water partition coefficient (Wildman–Crippen LogP) is 4.53. The number of halogens is 2. The number of thiazole rings is 1. The number of carbonyl (C=O) groups excluding carboxylic acids is 1. The quantitative estimate of drug-likeness (QED) is 0.530. The van der Waals surface area contributed by atoms with Gasteiger partial charge in [-0.1, -0.05) is 35.3 Å². The standard InChI is InChI=1S/C19H17Cl2N3O4S2/c1-24(30(2,26)27)14-6-3-12(4-7-14)16-11-29-19(22-16)23-18(25)10-28-17-9-13(20)5-8-15(17)21/h3-9,11H,10H2,1-2H3,(H,22,23,25). The second kappa shape index (κ2) is 9.22. The molecule has 30 heavy (non-hydrogen) atoms. The molecule has 7 nitrogen and oxygen atoms in total. The highest BCUT2D eigenvalue weighted by molar-refractivity contribution is 7.92. The molecule has 0 bridgehead atoms. The summed E-state index contributed by atoms with van der Waals surface area (Å²) in [5.74, 6) is -0.0737. The van der Waals surface area contributed by atoms with Crippen LogP contribution in [0.25, 0.3) is 11.3 Å². The monoisotopic (exact) mass is 485 g/mol. The Bertz CT molecular complexity index is 1160. The number of ether oxygens (including phenoxy) is 1. The number of nitrogens with one attached hydrogen (secondary N) is 1. The molecule has 0 saturated heterocycles. The fourth-order valence-corrected chi connectivity index (χ4v) is 3.96. The molecular formula is C19H17Cl2N3O4S2. The van der Waals surface area contributed by atoms with Crippen molar-refractivity contribution >= 4 is 61.3 Å². The van der Waals surface area contributed by atoms with Crippen LogP contribution in [0.4, 0.5) is 10.8 Å². The normalized spacial score (nSPS) is 11.2. The smallest absolute Gasteiger partial charge is 0.264 e. The van der Waals surface area contributed by atoms with E-state index in [0.29, 0.717) is 32.3 Å². The lowest BCUT2D eigenvalue weighted by atomic mass is 10.1. The number of benzene rings is 2. The number of aromatic nitrogens is 1. The average Bonchev–Trinajstić information content (AvgIpc) is 3.16. The van der Waals surface area contributed by atoms with Crippen LogP contribution in [-0.2, 0) is 14.8 Å². The summed E-state index contributed by atoms with van der Waals surface area (Å²) >= 11 is 13.2. The first kappa shape index (κ1) is 22.4. The Balaban J connectivity index is 1.62. The van der Waals surface area contributed by atoms with E-state index in [-0.39, 0.29) is 6.61 Å². The third-order valence-corrected chi connectivity index (χ3v) is 6.54. The second-order valence-electron chi connectivity index (χ2n) is 6.23. The fourth-order valence-electron chi connectivity index (χ4n) is 2.38. The number of hydrogen-bond acceptors (Lipinski definition) is 6. The minimum Gasteiger partial charge on any atom is -0.482 e. The van der Waals surface area contributed by atoms with E-state index in [1.54, 1.807) is 41.8 Å². The van der Waals surface area contributed by atoms with Crippen molar-refractivity contribution in [3.8, 4) is 17.0 Å². The van der Waals surface area contributed by atoms with Gasteiger partial charge in [0.25, 0.3) is 5.91 Å². The van der Waals surface area contributed by atoms with Crippen LogP contribution < -0.4 is 14.4 Å². The summed E-state index contributed by atoms with van der Waals surface area (Å²) in [6.45, 7) is -0.249. The molecule has 2 aromatic carbocycles. The minimum absolute atomic E-state index is 0.249. The van der Waals surface area contributed by atoms with Crippen LogP contribution in [0.15, 0.2) is 47.8 Å². The van der Waals surface area contributed by atoms with Crippen LogP contribution >= 0.6 is 34.5 Å². The first-order valence-corrected chi connectivity index (χ1v) is 12.0. The summed E-state index contributed by atoms with van der Waals surface area (Å²) in [6.07, 6.45) is 1.14. The number of hydrogen-bond donors (Lipinski definition) is 1. The largest absolute Gasteiger partial charge is 0.482 e.